The minimum absolute atomic E-state index is 0.0935. The summed E-state index contributed by atoms with van der Waals surface area (Å²) in [6, 6.07) is 61.1. The summed E-state index contributed by atoms with van der Waals surface area (Å²) in [5, 5.41) is 0. The van der Waals surface area contributed by atoms with Crippen molar-refractivity contribution in [2.45, 2.75) is 24.7 Å². The minimum Gasteiger partial charge on any atom is -0.310 e. The van der Waals surface area contributed by atoms with Gasteiger partial charge in [0, 0.05) is 22.4 Å². The molecule has 10 rings (SSSR count). The van der Waals surface area contributed by atoms with Crippen molar-refractivity contribution in [1.82, 2.24) is 0 Å². The maximum Gasteiger partial charge on any atom is 0.0746 e. The van der Waals surface area contributed by atoms with Gasteiger partial charge in [0.2, 0.25) is 0 Å². The Hall–Kier alpha value is -5.66. The first kappa shape index (κ1) is 26.5. The third kappa shape index (κ3) is 3.34. The van der Waals surface area contributed by atoms with E-state index >= 15 is 0 Å². The summed E-state index contributed by atoms with van der Waals surface area (Å²) in [4.78, 5) is 2.51. The Balaban J connectivity index is 1.30. The Morgan fingerprint density at radius 1 is 0.362 bits per heavy atom. The highest BCUT2D eigenvalue weighted by Gasteiger charge is 2.53. The largest absolute Gasteiger partial charge is 0.310 e. The van der Waals surface area contributed by atoms with E-state index < -0.39 is 5.41 Å². The number of anilines is 3. The number of fused-ring (bicyclic) bond motifs is 13. The Bertz CT molecular complexity index is 2330. The Morgan fingerprint density at radius 2 is 0.830 bits per heavy atom. The van der Waals surface area contributed by atoms with Crippen LogP contribution in [0.2, 0.25) is 0 Å². The van der Waals surface area contributed by atoms with Crippen molar-refractivity contribution in [2.75, 3.05) is 4.90 Å². The van der Waals surface area contributed by atoms with Gasteiger partial charge in [-0.15, -0.1) is 0 Å². The summed E-state index contributed by atoms with van der Waals surface area (Å²) in [5.41, 5.74) is 19.2. The standard InChI is InChI=1S/C46H33N/c1-45(2)38-22-10-6-17-32(38)36-28-27-31(29-42(36)45)47(30-15-4-3-5-16-30)43-26-14-21-37-35-20-9-13-25-41(35)46(44(37)43)39-23-11-7-18-33(39)34-19-8-12-24-40(34)46/h3-29H,1-2H3. The fourth-order valence-electron chi connectivity index (χ4n) is 9.15. The number of hydrogen-bond acceptors (Lipinski definition) is 1. The van der Waals surface area contributed by atoms with E-state index in [4.69, 9.17) is 0 Å². The summed E-state index contributed by atoms with van der Waals surface area (Å²) < 4.78 is 0. The number of hydrogen-bond donors (Lipinski definition) is 0. The third-order valence-electron chi connectivity index (χ3n) is 11.1. The van der Waals surface area contributed by atoms with Crippen molar-refractivity contribution < 1.29 is 0 Å². The van der Waals surface area contributed by atoms with E-state index in [9.17, 15) is 0 Å². The minimum atomic E-state index is -0.436. The Morgan fingerprint density at radius 3 is 1.45 bits per heavy atom. The second-order valence-electron chi connectivity index (χ2n) is 13.7. The lowest BCUT2D eigenvalue weighted by molar-refractivity contribution is 0.660. The zero-order valence-electron chi connectivity index (χ0n) is 26.5. The van der Waals surface area contributed by atoms with Gasteiger partial charge in [-0.3, -0.25) is 0 Å². The molecule has 0 radical (unpaired) electrons. The van der Waals surface area contributed by atoms with Crippen molar-refractivity contribution in [3.8, 4) is 33.4 Å². The lowest BCUT2D eigenvalue weighted by Gasteiger charge is -2.36. The molecule has 47 heavy (non-hydrogen) atoms. The van der Waals surface area contributed by atoms with Crippen LogP contribution in [0.15, 0.2) is 164 Å². The molecular weight excluding hydrogens is 567 g/mol. The van der Waals surface area contributed by atoms with Crippen LogP contribution in [0.25, 0.3) is 33.4 Å². The summed E-state index contributed by atoms with van der Waals surface area (Å²) >= 11 is 0. The van der Waals surface area contributed by atoms with Gasteiger partial charge in [-0.2, -0.15) is 0 Å². The highest BCUT2D eigenvalue weighted by Crippen LogP contribution is 2.65. The van der Waals surface area contributed by atoms with Crippen molar-refractivity contribution in [3.05, 3.63) is 197 Å². The monoisotopic (exact) mass is 599 g/mol. The van der Waals surface area contributed by atoms with Crippen LogP contribution < -0.4 is 4.90 Å². The fourth-order valence-corrected chi connectivity index (χ4v) is 9.15. The molecule has 0 amide bonds. The molecule has 3 aliphatic carbocycles. The second-order valence-corrected chi connectivity index (χ2v) is 13.7. The molecule has 0 aromatic heterocycles. The lowest BCUT2D eigenvalue weighted by Crippen LogP contribution is -2.28. The maximum absolute atomic E-state index is 2.51. The van der Waals surface area contributed by atoms with Crippen LogP contribution in [0.1, 0.15) is 47.2 Å². The van der Waals surface area contributed by atoms with Crippen LogP contribution in [-0.4, -0.2) is 0 Å². The molecule has 0 bridgehead atoms. The molecule has 0 atom stereocenters. The van der Waals surface area contributed by atoms with Gasteiger partial charge in [-0.05, 0) is 91.5 Å². The van der Waals surface area contributed by atoms with Crippen LogP contribution in [-0.2, 0) is 10.8 Å². The predicted octanol–water partition coefficient (Wildman–Crippen LogP) is 11.8. The molecule has 0 heterocycles. The molecule has 3 aliphatic rings. The molecule has 0 saturated heterocycles. The highest BCUT2D eigenvalue weighted by atomic mass is 15.1. The van der Waals surface area contributed by atoms with Gasteiger partial charge >= 0.3 is 0 Å². The SMILES string of the molecule is CC1(C)c2ccccc2-c2ccc(N(c3ccccc3)c3cccc4c3C3(c5ccccc5-c5ccccc53)c3ccccc3-4)cc21. The van der Waals surface area contributed by atoms with Crippen LogP contribution in [0.5, 0.6) is 0 Å². The Kier molecular flexibility index (Phi) is 5.33. The van der Waals surface area contributed by atoms with Gasteiger partial charge in [0.05, 0.1) is 11.1 Å². The number of nitrogens with zero attached hydrogens (tertiary/aromatic N) is 1. The smallest absolute Gasteiger partial charge is 0.0746 e. The topological polar surface area (TPSA) is 3.24 Å². The van der Waals surface area contributed by atoms with E-state index in [1.165, 1.54) is 78.1 Å². The molecule has 0 aliphatic heterocycles. The molecule has 0 fully saturated rings. The van der Waals surface area contributed by atoms with E-state index in [0.29, 0.717) is 0 Å². The number of para-hydroxylation sites is 1. The van der Waals surface area contributed by atoms with Gasteiger partial charge < -0.3 is 4.90 Å². The summed E-state index contributed by atoms with van der Waals surface area (Å²) in [6.07, 6.45) is 0. The molecule has 7 aromatic rings. The first-order valence-electron chi connectivity index (χ1n) is 16.6. The van der Waals surface area contributed by atoms with Crippen molar-refractivity contribution in [2.24, 2.45) is 0 Å². The summed E-state index contributed by atoms with van der Waals surface area (Å²) in [7, 11) is 0. The lowest BCUT2D eigenvalue weighted by atomic mass is 9.70. The molecule has 1 spiro atoms. The van der Waals surface area contributed by atoms with Crippen LogP contribution in [0.3, 0.4) is 0 Å². The van der Waals surface area contributed by atoms with Crippen LogP contribution in [0, 0.1) is 0 Å². The Labute approximate surface area is 276 Å². The quantitative estimate of drug-likeness (QED) is 0.195. The van der Waals surface area contributed by atoms with E-state index in [0.717, 1.165) is 5.69 Å². The van der Waals surface area contributed by atoms with Gasteiger partial charge in [0.25, 0.3) is 0 Å². The summed E-state index contributed by atoms with van der Waals surface area (Å²) in [5.74, 6) is 0. The fraction of sp³-hybridized carbons (Fsp3) is 0.0870. The van der Waals surface area contributed by atoms with Gasteiger partial charge in [-0.1, -0.05) is 147 Å². The van der Waals surface area contributed by atoms with E-state index in [1.54, 1.807) is 0 Å². The molecular formula is C46H33N. The molecule has 0 saturated carbocycles. The van der Waals surface area contributed by atoms with E-state index in [-0.39, 0.29) is 5.41 Å². The van der Waals surface area contributed by atoms with Crippen LogP contribution >= 0.6 is 0 Å². The van der Waals surface area contributed by atoms with Gasteiger partial charge in [0.15, 0.2) is 0 Å². The molecule has 1 nitrogen and oxygen atoms in total. The average molecular weight is 600 g/mol. The van der Waals surface area contributed by atoms with E-state index in [2.05, 4.69) is 183 Å². The first-order chi connectivity index (χ1) is 23.1. The normalized spacial score (nSPS) is 14.9. The third-order valence-corrected chi connectivity index (χ3v) is 11.1. The van der Waals surface area contributed by atoms with E-state index in [1.807, 2.05) is 0 Å². The van der Waals surface area contributed by atoms with Gasteiger partial charge in [-0.25, -0.2) is 0 Å². The average Bonchev–Trinajstić information content (AvgIpc) is 3.68. The maximum atomic E-state index is 2.51. The zero-order chi connectivity index (χ0) is 31.3. The van der Waals surface area contributed by atoms with Crippen LogP contribution in [0.4, 0.5) is 17.1 Å². The second kappa shape index (κ2) is 9.44. The van der Waals surface area contributed by atoms with Crippen molar-refractivity contribution in [3.63, 3.8) is 0 Å². The van der Waals surface area contributed by atoms with Gasteiger partial charge in [0.1, 0.15) is 0 Å². The first-order valence-corrected chi connectivity index (χ1v) is 16.6. The van der Waals surface area contributed by atoms with Crippen molar-refractivity contribution >= 4 is 17.1 Å². The van der Waals surface area contributed by atoms with Crippen molar-refractivity contribution in [1.29, 1.82) is 0 Å². The molecule has 0 unspecified atom stereocenters. The zero-order valence-corrected chi connectivity index (χ0v) is 26.5. The predicted molar refractivity (Wildman–Crippen MR) is 195 cm³/mol. The molecule has 0 N–H and O–H groups in total. The number of rotatable bonds is 3. The molecule has 1 heteroatoms. The molecule has 7 aromatic carbocycles. The molecule has 222 valence electrons. The summed E-state index contributed by atoms with van der Waals surface area (Å²) in [6.45, 7) is 4.74. The highest BCUT2D eigenvalue weighted by molar-refractivity contribution is 5.99. The number of benzene rings is 7.